The molecule has 1 N–H and O–H groups in total. The van der Waals surface area contributed by atoms with Crippen molar-refractivity contribution in [2.45, 2.75) is 40.2 Å². The quantitative estimate of drug-likeness (QED) is 0.831. The number of anilines is 1. The van der Waals surface area contributed by atoms with Crippen LogP contribution in [0.3, 0.4) is 0 Å². The molecule has 0 aliphatic rings. The minimum atomic E-state index is 0.0799. The summed E-state index contributed by atoms with van der Waals surface area (Å²) in [6, 6.07) is 3.95. The molecule has 1 heterocycles. The summed E-state index contributed by atoms with van der Waals surface area (Å²) in [5.41, 5.74) is 1.99. The summed E-state index contributed by atoms with van der Waals surface area (Å²) < 4.78 is 0. The van der Waals surface area contributed by atoms with Crippen LogP contribution in [0.1, 0.15) is 44.9 Å². The maximum atomic E-state index is 9.25. The van der Waals surface area contributed by atoms with Crippen LogP contribution in [-0.2, 0) is 6.61 Å². The molecule has 1 rings (SSSR count). The molecular formula is C13H22N2O. The highest BCUT2D eigenvalue weighted by Gasteiger charge is 2.09. The minimum absolute atomic E-state index is 0.0799. The van der Waals surface area contributed by atoms with Gasteiger partial charge in [-0.3, -0.25) is 0 Å². The summed E-state index contributed by atoms with van der Waals surface area (Å²) in [6.07, 6.45) is 0. The van der Waals surface area contributed by atoms with E-state index in [1.165, 1.54) is 0 Å². The average molecular weight is 222 g/mol. The zero-order valence-electron chi connectivity index (χ0n) is 10.7. The number of aliphatic hydroxyl groups is 1. The van der Waals surface area contributed by atoms with Crippen LogP contribution in [0.25, 0.3) is 0 Å². The maximum absolute atomic E-state index is 9.25. The molecule has 0 aromatic carbocycles. The normalized spacial score (nSPS) is 10.9. The van der Waals surface area contributed by atoms with Gasteiger partial charge in [0.2, 0.25) is 0 Å². The lowest BCUT2D eigenvalue weighted by Gasteiger charge is -2.21. The Morgan fingerprint density at radius 1 is 1.25 bits per heavy atom. The number of hydrogen-bond acceptors (Lipinski definition) is 3. The van der Waals surface area contributed by atoms with Gasteiger partial charge >= 0.3 is 0 Å². The molecule has 1 aromatic heterocycles. The molecule has 0 atom stereocenters. The van der Waals surface area contributed by atoms with Crippen molar-refractivity contribution < 1.29 is 5.11 Å². The largest absolute Gasteiger partial charge is 0.392 e. The van der Waals surface area contributed by atoms with Gasteiger partial charge < -0.3 is 10.0 Å². The summed E-state index contributed by atoms with van der Waals surface area (Å²) in [4.78, 5) is 6.84. The molecule has 0 bridgehead atoms. The van der Waals surface area contributed by atoms with Gasteiger partial charge in [-0.15, -0.1) is 0 Å². The SMILES string of the molecule is CCN(CC)c1cc(CO)cc(C(C)C)n1. The van der Waals surface area contributed by atoms with E-state index in [2.05, 4.69) is 37.6 Å². The lowest BCUT2D eigenvalue weighted by Crippen LogP contribution is -2.23. The van der Waals surface area contributed by atoms with Crippen molar-refractivity contribution in [3.63, 3.8) is 0 Å². The zero-order valence-corrected chi connectivity index (χ0v) is 10.7. The van der Waals surface area contributed by atoms with E-state index in [9.17, 15) is 5.11 Å². The molecule has 1 aromatic rings. The van der Waals surface area contributed by atoms with Crippen molar-refractivity contribution in [3.05, 3.63) is 23.4 Å². The average Bonchev–Trinajstić information content (AvgIpc) is 2.30. The van der Waals surface area contributed by atoms with Gasteiger partial charge in [-0.1, -0.05) is 13.8 Å². The summed E-state index contributed by atoms with van der Waals surface area (Å²) in [6.45, 7) is 10.4. The highest BCUT2D eigenvalue weighted by molar-refractivity contribution is 5.43. The first-order valence-corrected chi connectivity index (χ1v) is 5.99. The molecule has 3 heteroatoms. The molecule has 3 nitrogen and oxygen atoms in total. The van der Waals surface area contributed by atoms with E-state index < -0.39 is 0 Å². The van der Waals surface area contributed by atoms with Gasteiger partial charge in [0.25, 0.3) is 0 Å². The number of hydrogen-bond donors (Lipinski definition) is 1. The lowest BCUT2D eigenvalue weighted by atomic mass is 10.1. The lowest BCUT2D eigenvalue weighted by molar-refractivity contribution is 0.281. The third-order valence-electron chi connectivity index (χ3n) is 2.75. The predicted octanol–water partition coefficient (Wildman–Crippen LogP) is 2.54. The van der Waals surface area contributed by atoms with Gasteiger partial charge in [0.05, 0.1) is 6.61 Å². The monoisotopic (exact) mass is 222 g/mol. The van der Waals surface area contributed by atoms with E-state index in [1.54, 1.807) is 0 Å². The predicted molar refractivity (Wildman–Crippen MR) is 67.8 cm³/mol. The molecule has 0 radical (unpaired) electrons. The fourth-order valence-corrected chi connectivity index (χ4v) is 1.69. The third kappa shape index (κ3) is 2.95. The van der Waals surface area contributed by atoms with E-state index >= 15 is 0 Å². The van der Waals surface area contributed by atoms with Crippen molar-refractivity contribution >= 4 is 5.82 Å². The molecule has 0 aliphatic carbocycles. The first-order chi connectivity index (χ1) is 7.62. The molecule has 0 fully saturated rings. The Morgan fingerprint density at radius 2 is 1.88 bits per heavy atom. The Morgan fingerprint density at radius 3 is 2.31 bits per heavy atom. The van der Waals surface area contributed by atoms with E-state index in [1.807, 2.05) is 12.1 Å². The highest BCUT2D eigenvalue weighted by atomic mass is 16.3. The Bertz CT molecular complexity index is 333. The Kier molecular flexibility index (Phi) is 4.74. The van der Waals surface area contributed by atoms with Crippen LogP contribution in [0.5, 0.6) is 0 Å². The third-order valence-corrected chi connectivity index (χ3v) is 2.75. The fourth-order valence-electron chi connectivity index (χ4n) is 1.69. The van der Waals surface area contributed by atoms with Crippen molar-refractivity contribution in [1.82, 2.24) is 4.98 Å². The molecule has 0 unspecified atom stereocenters. The van der Waals surface area contributed by atoms with Gasteiger partial charge in [-0.2, -0.15) is 0 Å². The van der Waals surface area contributed by atoms with Crippen molar-refractivity contribution in [2.75, 3.05) is 18.0 Å². The van der Waals surface area contributed by atoms with Crippen molar-refractivity contribution in [3.8, 4) is 0 Å². The van der Waals surface area contributed by atoms with Crippen LogP contribution < -0.4 is 4.90 Å². The van der Waals surface area contributed by atoms with Crippen LogP contribution in [0, 0.1) is 0 Å². The first-order valence-electron chi connectivity index (χ1n) is 5.99. The van der Waals surface area contributed by atoms with Gasteiger partial charge in [-0.25, -0.2) is 4.98 Å². The van der Waals surface area contributed by atoms with Gasteiger partial charge in [0.1, 0.15) is 5.82 Å². The van der Waals surface area contributed by atoms with E-state index in [-0.39, 0.29) is 6.61 Å². The minimum Gasteiger partial charge on any atom is -0.392 e. The van der Waals surface area contributed by atoms with Crippen molar-refractivity contribution in [1.29, 1.82) is 0 Å². The Labute approximate surface area is 98.1 Å². The van der Waals surface area contributed by atoms with Crippen LogP contribution in [-0.4, -0.2) is 23.2 Å². The maximum Gasteiger partial charge on any atom is 0.129 e. The van der Waals surface area contributed by atoms with Crippen LogP contribution in [0.15, 0.2) is 12.1 Å². The second-order valence-corrected chi connectivity index (χ2v) is 4.24. The molecule has 0 aliphatic heterocycles. The number of aromatic nitrogens is 1. The molecule has 0 spiro atoms. The number of nitrogens with zero attached hydrogens (tertiary/aromatic N) is 2. The van der Waals surface area contributed by atoms with Gasteiger partial charge in [0, 0.05) is 18.8 Å². The number of aliphatic hydroxyl groups excluding tert-OH is 1. The molecule has 0 saturated heterocycles. The Balaban J connectivity index is 3.12. The van der Waals surface area contributed by atoms with Crippen LogP contribution >= 0.6 is 0 Å². The highest BCUT2D eigenvalue weighted by Crippen LogP contribution is 2.20. The van der Waals surface area contributed by atoms with Crippen LogP contribution in [0.4, 0.5) is 5.82 Å². The van der Waals surface area contributed by atoms with E-state index in [0.29, 0.717) is 5.92 Å². The summed E-state index contributed by atoms with van der Waals surface area (Å²) in [5, 5.41) is 9.25. The fraction of sp³-hybridized carbons (Fsp3) is 0.615. The standard InChI is InChI=1S/C13H22N2O/c1-5-15(6-2)13-8-11(9-16)7-12(14-13)10(3)4/h7-8,10,16H,5-6,9H2,1-4H3. The summed E-state index contributed by atoms with van der Waals surface area (Å²) in [5.74, 6) is 1.36. The Hall–Kier alpha value is -1.09. The topological polar surface area (TPSA) is 36.4 Å². The van der Waals surface area contributed by atoms with Crippen LogP contribution in [0.2, 0.25) is 0 Å². The molecular weight excluding hydrogens is 200 g/mol. The molecule has 0 saturated carbocycles. The van der Waals surface area contributed by atoms with Gasteiger partial charge in [-0.05, 0) is 37.5 Å². The first kappa shape index (κ1) is 13.0. The van der Waals surface area contributed by atoms with E-state index in [0.717, 1.165) is 30.2 Å². The van der Waals surface area contributed by atoms with E-state index in [4.69, 9.17) is 0 Å². The molecule has 0 amide bonds. The number of rotatable bonds is 5. The van der Waals surface area contributed by atoms with Crippen molar-refractivity contribution in [2.24, 2.45) is 0 Å². The molecule has 16 heavy (non-hydrogen) atoms. The van der Waals surface area contributed by atoms with Gasteiger partial charge in [0.15, 0.2) is 0 Å². The summed E-state index contributed by atoms with van der Waals surface area (Å²) in [7, 11) is 0. The second-order valence-electron chi connectivity index (χ2n) is 4.24. The smallest absolute Gasteiger partial charge is 0.129 e. The molecule has 90 valence electrons. The zero-order chi connectivity index (χ0) is 12.1. The second kappa shape index (κ2) is 5.85. The number of pyridine rings is 1. The summed E-state index contributed by atoms with van der Waals surface area (Å²) >= 11 is 0.